The summed E-state index contributed by atoms with van der Waals surface area (Å²) in [7, 11) is 0. The summed E-state index contributed by atoms with van der Waals surface area (Å²) >= 11 is 6.09. The Balaban J connectivity index is 2.10. The number of hydrogen-bond donors (Lipinski definition) is 1. The lowest BCUT2D eigenvalue weighted by Gasteiger charge is -2.44. The molecule has 1 aliphatic rings. The molecule has 0 radical (unpaired) electrons. The Labute approximate surface area is 131 Å². The normalized spacial score (nSPS) is 18.7. The van der Waals surface area contributed by atoms with Gasteiger partial charge >= 0.3 is 0 Å². The van der Waals surface area contributed by atoms with Gasteiger partial charge in [0.1, 0.15) is 5.72 Å². The fourth-order valence-corrected chi connectivity index (χ4v) is 3.23. The SMILES string of the molecule is CC1(C)Nc2ccc(-c3cccc(Cl)c3)cc2C(C)(C)O1. The van der Waals surface area contributed by atoms with Crippen LogP contribution in [0.3, 0.4) is 0 Å². The van der Waals surface area contributed by atoms with Crippen LogP contribution in [-0.2, 0) is 10.3 Å². The highest BCUT2D eigenvalue weighted by atomic mass is 35.5. The third-order valence-corrected chi connectivity index (χ3v) is 4.01. The zero-order valence-corrected chi connectivity index (χ0v) is 13.6. The van der Waals surface area contributed by atoms with Crippen LogP contribution in [0.5, 0.6) is 0 Å². The molecular weight excluding hydrogens is 282 g/mol. The second-order valence-electron chi connectivity index (χ2n) is 6.52. The smallest absolute Gasteiger partial charge is 0.134 e. The summed E-state index contributed by atoms with van der Waals surface area (Å²) in [5.41, 5.74) is 3.86. The van der Waals surface area contributed by atoms with Crippen LogP contribution < -0.4 is 5.32 Å². The van der Waals surface area contributed by atoms with Crippen LogP contribution in [0.2, 0.25) is 5.02 Å². The van der Waals surface area contributed by atoms with E-state index in [1.54, 1.807) is 0 Å². The van der Waals surface area contributed by atoms with Crippen molar-refractivity contribution in [1.82, 2.24) is 0 Å². The van der Waals surface area contributed by atoms with Crippen molar-refractivity contribution in [2.24, 2.45) is 0 Å². The first-order valence-corrected chi connectivity index (χ1v) is 7.53. The van der Waals surface area contributed by atoms with Crippen LogP contribution >= 0.6 is 11.6 Å². The average Bonchev–Trinajstić information content (AvgIpc) is 2.36. The maximum Gasteiger partial charge on any atom is 0.134 e. The Hall–Kier alpha value is -1.51. The summed E-state index contributed by atoms with van der Waals surface area (Å²) in [4.78, 5) is 0. The summed E-state index contributed by atoms with van der Waals surface area (Å²) in [6.07, 6.45) is 0. The summed E-state index contributed by atoms with van der Waals surface area (Å²) in [5, 5.41) is 4.18. The van der Waals surface area contributed by atoms with Crippen molar-refractivity contribution >= 4 is 17.3 Å². The first-order valence-electron chi connectivity index (χ1n) is 7.16. The van der Waals surface area contributed by atoms with Gasteiger partial charge in [0.15, 0.2) is 0 Å². The Morgan fingerprint density at radius 3 is 2.38 bits per heavy atom. The van der Waals surface area contributed by atoms with E-state index in [2.05, 4.69) is 43.4 Å². The number of nitrogens with one attached hydrogen (secondary N) is 1. The molecule has 0 saturated carbocycles. The van der Waals surface area contributed by atoms with Gasteiger partial charge in [0.25, 0.3) is 0 Å². The third kappa shape index (κ3) is 2.78. The van der Waals surface area contributed by atoms with E-state index in [0.717, 1.165) is 21.8 Å². The Kier molecular flexibility index (Phi) is 3.27. The molecule has 2 nitrogen and oxygen atoms in total. The molecule has 0 unspecified atom stereocenters. The summed E-state index contributed by atoms with van der Waals surface area (Å²) in [6, 6.07) is 14.3. The molecule has 0 aliphatic carbocycles. The largest absolute Gasteiger partial charge is 0.358 e. The van der Waals surface area contributed by atoms with E-state index in [4.69, 9.17) is 16.3 Å². The predicted octanol–water partition coefficient (Wildman–Crippen LogP) is 5.42. The fourth-order valence-electron chi connectivity index (χ4n) is 3.04. The molecule has 1 aliphatic heterocycles. The molecule has 2 aromatic rings. The van der Waals surface area contributed by atoms with Gasteiger partial charge in [-0.25, -0.2) is 0 Å². The van der Waals surface area contributed by atoms with Crippen molar-refractivity contribution in [3.63, 3.8) is 0 Å². The van der Waals surface area contributed by atoms with E-state index >= 15 is 0 Å². The number of halogens is 1. The first-order chi connectivity index (χ1) is 9.77. The standard InChI is InChI=1S/C18H20ClNO/c1-17(2)15-11-13(12-6-5-7-14(19)10-12)8-9-16(15)20-18(3,4)21-17/h5-11,20H,1-4H3. The molecule has 1 N–H and O–H groups in total. The average molecular weight is 302 g/mol. The summed E-state index contributed by atoms with van der Waals surface area (Å²) in [5.74, 6) is 0. The van der Waals surface area contributed by atoms with Crippen LogP contribution in [0.25, 0.3) is 11.1 Å². The molecule has 0 saturated heterocycles. The lowest BCUT2D eigenvalue weighted by molar-refractivity contribution is -0.119. The van der Waals surface area contributed by atoms with Crippen LogP contribution in [0.4, 0.5) is 5.69 Å². The minimum Gasteiger partial charge on any atom is -0.358 e. The van der Waals surface area contributed by atoms with Crippen molar-refractivity contribution in [3.05, 3.63) is 53.1 Å². The molecule has 0 fully saturated rings. The molecule has 0 aromatic heterocycles. The van der Waals surface area contributed by atoms with Gasteiger partial charge in [0.05, 0.1) is 5.60 Å². The number of benzene rings is 2. The number of hydrogen-bond acceptors (Lipinski definition) is 2. The van der Waals surface area contributed by atoms with Crippen molar-refractivity contribution in [3.8, 4) is 11.1 Å². The highest BCUT2D eigenvalue weighted by Crippen LogP contribution is 2.42. The summed E-state index contributed by atoms with van der Waals surface area (Å²) < 4.78 is 6.17. The highest BCUT2D eigenvalue weighted by molar-refractivity contribution is 6.30. The maximum atomic E-state index is 6.17. The Morgan fingerprint density at radius 2 is 1.67 bits per heavy atom. The van der Waals surface area contributed by atoms with Crippen LogP contribution in [0, 0.1) is 0 Å². The second-order valence-corrected chi connectivity index (χ2v) is 6.95. The van der Waals surface area contributed by atoms with Crippen molar-refractivity contribution in [1.29, 1.82) is 0 Å². The zero-order valence-electron chi connectivity index (χ0n) is 12.8. The van der Waals surface area contributed by atoms with E-state index in [0.29, 0.717) is 0 Å². The molecule has 0 spiro atoms. The number of ether oxygens (including phenoxy) is 1. The molecule has 0 bridgehead atoms. The minimum absolute atomic E-state index is 0.335. The predicted molar refractivity (Wildman–Crippen MR) is 88.7 cm³/mol. The second kappa shape index (κ2) is 4.75. The molecule has 21 heavy (non-hydrogen) atoms. The fraction of sp³-hybridized carbons (Fsp3) is 0.333. The Morgan fingerprint density at radius 1 is 0.952 bits per heavy atom. The number of rotatable bonds is 1. The van der Waals surface area contributed by atoms with Crippen LogP contribution in [0.1, 0.15) is 33.3 Å². The van der Waals surface area contributed by atoms with E-state index in [1.807, 2.05) is 32.0 Å². The quantitative estimate of drug-likeness (QED) is 0.759. The zero-order chi connectivity index (χ0) is 15.3. The summed E-state index contributed by atoms with van der Waals surface area (Å²) in [6.45, 7) is 8.30. The minimum atomic E-state index is -0.367. The van der Waals surface area contributed by atoms with Gasteiger partial charge in [-0.1, -0.05) is 29.8 Å². The van der Waals surface area contributed by atoms with Gasteiger partial charge in [0, 0.05) is 16.3 Å². The van der Waals surface area contributed by atoms with Gasteiger partial charge in [-0.15, -0.1) is 0 Å². The van der Waals surface area contributed by atoms with Crippen molar-refractivity contribution in [2.45, 2.75) is 39.0 Å². The molecule has 2 aromatic carbocycles. The van der Waals surface area contributed by atoms with Crippen LogP contribution in [0.15, 0.2) is 42.5 Å². The molecule has 3 rings (SSSR count). The Bertz CT molecular complexity index is 691. The van der Waals surface area contributed by atoms with Gasteiger partial charge in [-0.2, -0.15) is 0 Å². The third-order valence-electron chi connectivity index (χ3n) is 3.77. The van der Waals surface area contributed by atoms with E-state index in [1.165, 1.54) is 5.56 Å². The van der Waals surface area contributed by atoms with Gasteiger partial charge in [0.2, 0.25) is 0 Å². The van der Waals surface area contributed by atoms with E-state index < -0.39 is 0 Å². The van der Waals surface area contributed by atoms with E-state index in [9.17, 15) is 0 Å². The van der Waals surface area contributed by atoms with Gasteiger partial charge < -0.3 is 10.1 Å². The number of anilines is 1. The van der Waals surface area contributed by atoms with Crippen molar-refractivity contribution in [2.75, 3.05) is 5.32 Å². The van der Waals surface area contributed by atoms with Gasteiger partial charge in [-0.05, 0) is 63.1 Å². The first kappa shape index (κ1) is 14.4. The molecular formula is C18H20ClNO. The maximum absolute atomic E-state index is 6.17. The topological polar surface area (TPSA) is 21.3 Å². The number of fused-ring (bicyclic) bond motifs is 1. The molecule has 110 valence electrons. The monoisotopic (exact) mass is 301 g/mol. The lowest BCUT2D eigenvalue weighted by Crippen LogP contribution is -2.46. The van der Waals surface area contributed by atoms with Crippen molar-refractivity contribution < 1.29 is 4.74 Å². The molecule has 0 amide bonds. The van der Waals surface area contributed by atoms with Crippen LogP contribution in [-0.4, -0.2) is 5.72 Å². The van der Waals surface area contributed by atoms with E-state index in [-0.39, 0.29) is 11.3 Å². The molecule has 1 heterocycles. The molecule has 0 atom stereocenters. The highest BCUT2D eigenvalue weighted by Gasteiger charge is 2.37. The van der Waals surface area contributed by atoms with Gasteiger partial charge in [-0.3, -0.25) is 0 Å². The lowest BCUT2D eigenvalue weighted by atomic mass is 9.89. The molecule has 3 heteroatoms.